The van der Waals surface area contributed by atoms with E-state index in [1.165, 1.54) is 7.11 Å². The number of rotatable bonds is 8. The molecule has 3 aromatic rings. The quantitative estimate of drug-likeness (QED) is 0.498. The van der Waals surface area contributed by atoms with Crippen molar-refractivity contribution in [3.8, 4) is 11.5 Å². The molecule has 0 N–H and O–H groups in total. The van der Waals surface area contributed by atoms with Crippen LogP contribution in [0.5, 0.6) is 11.5 Å². The summed E-state index contributed by atoms with van der Waals surface area (Å²) in [5, 5.41) is 0.605. The highest BCUT2D eigenvalue weighted by Gasteiger charge is 2.22. The fourth-order valence-electron chi connectivity index (χ4n) is 2.66. The van der Waals surface area contributed by atoms with Crippen LogP contribution in [0.1, 0.15) is 11.1 Å². The minimum atomic E-state index is -0.748. The van der Waals surface area contributed by atoms with Crippen molar-refractivity contribution in [2.75, 3.05) is 7.11 Å². The topological polar surface area (TPSA) is 44.8 Å². The lowest BCUT2D eigenvalue weighted by molar-refractivity contribution is -0.148. The van der Waals surface area contributed by atoms with Crippen molar-refractivity contribution in [1.82, 2.24) is 0 Å². The first kappa shape index (κ1) is 19.8. The van der Waals surface area contributed by atoms with Gasteiger partial charge in [0, 0.05) is 11.4 Å². The summed E-state index contributed by atoms with van der Waals surface area (Å²) in [4.78, 5) is 12.1. The molecule has 0 aromatic heterocycles. The Morgan fingerprint density at radius 1 is 0.857 bits per heavy atom. The largest absolute Gasteiger partial charge is 0.489 e. The van der Waals surface area contributed by atoms with Crippen LogP contribution in [0, 0.1) is 0 Å². The molecule has 0 saturated heterocycles. The molecule has 4 nitrogen and oxygen atoms in total. The lowest BCUT2D eigenvalue weighted by Crippen LogP contribution is -2.30. The van der Waals surface area contributed by atoms with Crippen LogP contribution in [0.25, 0.3) is 0 Å². The maximum atomic E-state index is 12.1. The van der Waals surface area contributed by atoms with Crippen molar-refractivity contribution >= 4 is 17.6 Å². The zero-order valence-corrected chi connectivity index (χ0v) is 16.3. The summed E-state index contributed by atoms with van der Waals surface area (Å²) in [6.45, 7) is 0.505. The molecular formula is C23H21ClO4. The number of esters is 1. The average molecular weight is 397 g/mol. The van der Waals surface area contributed by atoms with Crippen LogP contribution in [0.2, 0.25) is 5.02 Å². The van der Waals surface area contributed by atoms with Gasteiger partial charge in [-0.25, -0.2) is 4.79 Å². The number of carbonyl (C=O) groups is 1. The predicted octanol–water partition coefficient (Wildman–Crippen LogP) is 5.08. The predicted molar refractivity (Wildman–Crippen MR) is 109 cm³/mol. The van der Waals surface area contributed by atoms with Gasteiger partial charge in [-0.05, 0) is 47.5 Å². The van der Waals surface area contributed by atoms with Crippen molar-refractivity contribution in [3.63, 3.8) is 0 Å². The van der Waals surface area contributed by atoms with Gasteiger partial charge in [-0.15, -0.1) is 0 Å². The maximum absolute atomic E-state index is 12.1. The highest BCUT2D eigenvalue weighted by Crippen LogP contribution is 2.20. The first-order valence-corrected chi connectivity index (χ1v) is 9.27. The summed E-state index contributed by atoms with van der Waals surface area (Å²) in [5.74, 6) is 0.891. The molecule has 0 aliphatic heterocycles. The summed E-state index contributed by atoms with van der Waals surface area (Å²) >= 11 is 5.89. The maximum Gasteiger partial charge on any atom is 0.347 e. The van der Waals surface area contributed by atoms with Gasteiger partial charge in [0.05, 0.1) is 7.11 Å². The molecule has 0 amide bonds. The second-order valence-corrected chi connectivity index (χ2v) is 6.64. The molecule has 0 spiro atoms. The SMILES string of the molecule is COC(=O)C(Cc1ccc(OCc2ccccc2)cc1)Oc1ccc(Cl)cc1. The van der Waals surface area contributed by atoms with Crippen molar-refractivity contribution in [2.45, 2.75) is 19.1 Å². The van der Waals surface area contributed by atoms with E-state index in [1.54, 1.807) is 24.3 Å². The van der Waals surface area contributed by atoms with Crippen molar-refractivity contribution in [1.29, 1.82) is 0 Å². The highest BCUT2D eigenvalue weighted by atomic mass is 35.5. The van der Waals surface area contributed by atoms with Crippen LogP contribution < -0.4 is 9.47 Å². The van der Waals surface area contributed by atoms with E-state index in [1.807, 2.05) is 54.6 Å². The first-order chi connectivity index (χ1) is 13.6. The third kappa shape index (κ3) is 5.76. The van der Waals surface area contributed by atoms with Crippen molar-refractivity contribution in [2.24, 2.45) is 0 Å². The zero-order chi connectivity index (χ0) is 19.8. The first-order valence-electron chi connectivity index (χ1n) is 8.90. The minimum Gasteiger partial charge on any atom is -0.489 e. The molecule has 1 atom stereocenters. The molecule has 0 aliphatic carbocycles. The molecule has 0 saturated carbocycles. The zero-order valence-electron chi connectivity index (χ0n) is 15.5. The van der Waals surface area contributed by atoms with Crippen LogP contribution >= 0.6 is 11.6 Å². The van der Waals surface area contributed by atoms with Crippen LogP contribution in [0.4, 0.5) is 0 Å². The molecule has 3 rings (SSSR count). The summed E-state index contributed by atoms with van der Waals surface area (Å²) in [6.07, 6.45) is -0.365. The Kier molecular flexibility index (Phi) is 6.93. The lowest BCUT2D eigenvalue weighted by Gasteiger charge is -2.17. The Morgan fingerprint density at radius 2 is 1.50 bits per heavy atom. The summed E-state index contributed by atoms with van der Waals surface area (Å²) in [7, 11) is 1.35. The molecular weight excluding hydrogens is 376 g/mol. The fourth-order valence-corrected chi connectivity index (χ4v) is 2.78. The monoisotopic (exact) mass is 396 g/mol. The second kappa shape index (κ2) is 9.81. The molecule has 0 aliphatic rings. The molecule has 5 heteroatoms. The molecule has 144 valence electrons. The Labute approximate surface area is 169 Å². The number of methoxy groups -OCH3 is 1. The van der Waals surface area contributed by atoms with Gasteiger partial charge in [0.2, 0.25) is 0 Å². The number of benzene rings is 3. The summed E-state index contributed by atoms with van der Waals surface area (Å²) in [6, 6.07) is 24.4. The van der Waals surface area contributed by atoms with Crippen molar-refractivity contribution < 1.29 is 19.0 Å². The van der Waals surface area contributed by atoms with Crippen LogP contribution in [-0.4, -0.2) is 19.2 Å². The molecule has 0 radical (unpaired) electrons. The summed E-state index contributed by atoms with van der Waals surface area (Å²) in [5.41, 5.74) is 2.05. The molecule has 0 heterocycles. The Bertz CT molecular complexity index is 877. The smallest absolute Gasteiger partial charge is 0.347 e. The molecule has 3 aromatic carbocycles. The number of hydrogen-bond acceptors (Lipinski definition) is 4. The van der Waals surface area contributed by atoms with Crippen molar-refractivity contribution in [3.05, 3.63) is 95.0 Å². The Balaban J connectivity index is 1.62. The van der Waals surface area contributed by atoms with E-state index >= 15 is 0 Å². The van der Waals surface area contributed by atoms with E-state index in [9.17, 15) is 4.79 Å². The highest BCUT2D eigenvalue weighted by molar-refractivity contribution is 6.30. The third-order valence-corrected chi connectivity index (χ3v) is 4.40. The van der Waals surface area contributed by atoms with Gasteiger partial charge in [-0.3, -0.25) is 0 Å². The van der Waals surface area contributed by atoms with E-state index in [0.717, 1.165) is 16.9 Å². The van der Waals surface area contributed by atoms with E-state index in [-0.39, 0.29) is 0 Å². The van der Waals surface area contributed by atoms with E-state index < -0.39 is 12.1 Å². The molecule has 0 bridgehead atoms. The van der Waals surface area contributed by atoms with Gasteiger partial charge in [-0.2, -0.15) is 0 Å². The van der Waals surface area contributed by atoms with E-state index in [4.69, 9.17) is 25.8 Å². The van der Waals surface area contributed by atoms with Gasteiger partial charge in [0.1, 0.15) is 18.1 Å². The minimum absolute atomic E-state index is 0.383. The number of ether oxygens (including phenoxy) is 3. The lowest BCUT2D eigenvalue weighted by atomic mass is 10.1. The number of halogens is 1. The number of hydrogen-bond donors (Lipinski definition) is 0. The standard InChI is InChI=1S/C23H21ClO4/c1-26-23(25)22(28-21-13-9-19(24)10-14-21)15-17-7-11-20(12-8-17)27-16-18-5-3-2-4-6-18/h2-14,22H,15-16H2,1H3. The van der Waals surface area contributed by atoms with Gasteiger partial charge >= 0.3 is 5.97 Å². The van der Waals surface area contributed by atoms with Gasteiger partial charge in [0.25, 0.3) is 0 Å². The normalized spacial score (nSPS) is 11.5. The third-order valence-electron chi connectivity index (χ3n) is 4.15. The second-order valence-electron chi connectivity index (χ2n) is 6.21. The Hall–Kier alpha value is -2.98. The fraction of sp³-hybridized carbons (Fsp3) is 0.174. The van der Waals surface area contributed by atoms with E-state index in [0.29, 0.717) is 23.8 Å². The van der Waals surface area contributed by atoms with E-state index in [2.05, 4.69) is 0 Å². The van der Waals surface area contributed by atoms with Gasteiger partial charge in [0.15, 0.2) is 6.10 Å². The molecule has 0 fully saturated rings. The van der Waals surface area contributed by atoms with Crippen LogP contribution in [0.15, 0.2) is 78.9 Å². The molecule has 28 heavy (non-hydrogen) atoms. The van der Waals surface area contributed by atoms with Gasteiger partial charge < -0.3 is 14.2 Å². The average Bonchev–Trinajstić information content (AvgIpc) is 2.74. The van der Waals surface area contributed by atoms with Crippen LogP contribution in [0.3, 0.4) is 0 Å². The Morgan fingerprint density at radius 3 is 2.14 bits per heavy atom. The van der Waals surface area contributed by atoms with Gasteiger partial charge in [-0.1, -0.05) is 54.1 Å². The summed E-state index contributed by atoms with van der Waals surface area (Å²) < 4.78 is 16.5. The molecule has 1 unspecified atom stereocenters. The van der Waals surface area contributed by atoms with Crippen LogP contribution in [-0.2, 0) is 22.6 Å². The number of carbonyl (C=O) groups excluding carboxylic acids is 1.